The van der Waals surface area contributed by atoms with Crippen molar-refractivity contribution in [2.45, 2.75) is 31.9 Å². The van der Waals surface area contributed by atoms with Gasteiger partial charge in [0.2, 0.25) is 0 Å². The molecule has 0 bridgehead atoms. The van der Waals surface area contributed by atoms with Crippen molar-refractivity contribution in [3.05, 3.63) is 95.6 Å². The molecule has 1 saturated heterocycles. The van der Waals surface area contributed by atoms with E-state index in [9.17, 15) is 9.59 Å². The Hall–Kier alpha value is -3.64. The first kappa shape index (κ1) is 22.6. The first-order chi connectivity index (χ1) is 16.1. The first-order valence-electron chi connectivity index (χ1n) is 11.2. The normalized spacial score (nSPS) is 16.1. The number of hydrogen-bond acceptors (Lipinski definition) is 4. The van der Waals surface area contributed by atoms with Gasteiger partial charge in [0.05, 0.1) is 23.4 Å². The average Bonchev–Trinajstić information content (AvgIpc) is 3.37. The van der Waals surface area contributed by atoms with E-state index in [1.807, 2.05) is 43.3 Å². The van der Waals surface area contributed by atoms with Crippen molar-refractivity contribution in [2.75, 3.05) is 18.5 Å². The number of carbonyl (C=O) groups is 2. The summed E-state index contributed by atoms with van der Waals surface area (Å²) >= 11 is 0. The van der Waals surface area contributed by atoms with Crippen molar-refractivity contribution in [2.24, 2.45) is 0 Å². The number of hydrogen-bond donors (Lipinski definition) is 2. The summed E-state index contributed by atoms with van der Waals surface area (Å²) in [6, 6.07) is 23.6. The Morgan fingerprint density at radius 3 is 2.58 bits per heavy atom. The zero-order chi connectivity index (χ0) is 23.0. The number of rotatable bonds is 8. The number of anilines is 1. The van der Waals surface area contributed by atoms with Gasteiger partial charge in [-0.2, -0.15) is 0 Å². The van der Waals surface area contributed by atoms with Crippen LogP contribution in [0.1, 0.15) is 52.1 Å². The molecule has 2 amide bonds. The second-order valence-corrected chi connectivity index (χ2v) is 8.08. The average molecular weight is 445 g/mol. The molecule has 1 aliphatic rings. The van der Waals surface area contributed by atoms with E-state index in [1.54, 1.807) is 42.5 Å². The highest BCUT2D eigenvalue weighted by Gasteiger charge is 2.18. The molecule has 6 nitrogen and oxygen atoms in total. The summed E-state index contributed by atoms with van der Waals surface area (Å²) in [6.07, 6.45) is 2.14. The van der Waals surface area contributed by atoms with Crippen molar-refractivity contribution in [1.29, 1.82) is 0 Å². The molecule has 2 unspecified atom stereocenters. The molecule has 0 radical (unpaired) electrons. The van der Waals surface area contributed by atoms with Gasteiger partial charge in [-0.3, -0.25) is 9.59 Å². The number of para-hydroxylation sites is 1. The largest absolute Gasteiger partial charge is 0.491 e. The maximum atomic E-state index is 12.9. The van der Waals surface area contributed by atoms with Crippen molar-refractivity contribution in [3.8, 4) is 5.75 Å². The predicted octanol–water partition coefficient (Wildman–Crippen LogP) is 4.99. The fourth-order valence-corrected chi connectivity index (χ4v) is 3.78. The van der Waals surface area contributed by atoms with Crippen LogP contribution in [0.2, 0.25) is 0 Å². The third-order valence-corrected chi connectivity index (χ3v) is 5.62. The lowest BCUT2D eigenvalue weighted by molar-refractivity contribution is 0.0679. The van der Waals surface area contributed by atoms with E-state index in [2.05, 4.69) is 10.6 Å². The third-order valence-electron chi connectivity index (χ3n) is 5.62. The van der Waals surface area contributed by atoms with Crippen molar-refractivity contribution >= 4 is 17.5 Å². The van der Waals surface area contributed by atoms with Crippen molar-refractivity contribution in [1.82, 2.24) is 5.32 Å². The van der Waals surface area contributed by atoms with Crippen LogP contribution in [-0.2, 0) is 4.74 Å². The van der Waals surface area contributed by atoms with Crippen molar-refractivity contribution < 1.29 is 19.1 Å². The van der Waals surface area contributed by atoms with Gasteiger partial charge in [0.1, 0.15) is 12.4 Å². The second kappa shape index (κ2) is 10.8. The van der Waals surface area contributed by atoms with Gasteiger partial charge >= 0.3 is 0 Å². The second-order valence-electron chi connectivity index (χ2n) is 8.08. The van der Waals surface area contributed by atoms with Gasteiger partial charge in [-0.25, -0.2) is 0 Å². The Morgan fingerprint density at radius 1 is 1.00 bits per heavy atom. The van der Waals surface area contributed by atoms with Crippen molar-refractivity contribution in [3.63, 3.8) is 0 Å². The predicted molar refractivity (Wildman–Crippen MR) is 128 cm³/mol. The molecule has 2 N–H and O–H groups in total. The van der Waals surface area contributed by atoms with Crippen LogP contribution in [0, 0.1) is 0 Å². The first-order valence-corrected chi connectivity index (χ1v) is 11.2. The Morgan fingerprint density at radius 2 is 1.79 bits per heavy atom. The van der Waals surface area contributed by atoms with Gasteiger partial charge < -0.3 is 20.1 Å². The Balaban J connectivity index is 1.42. The van der Waals surface area contributed by atoms with E-state index in [-0.39, 0.29) is 24.0 Å². The molecule has 4 rings (SSSR count). The summed E-state index contributed by atoms with van der Waals surface area (Å²) < 4.78 is 11.4. The fourth-order valence-electron chi connectivity index (χ4n) is 3.78. The lowest BCUT2D eigenvalue weighted by Crippen LogP contribution is -2.28. The minimum atomic E-state index is -0.311. The Labute approximate surface area is 193 Å². The molecule has 6 heteroatoms. The van der Waals surface area contributed by atoms with Gasteiger partial charge in [0.25, 0.3) is 11.8 Å². The molecule has 3 aromatic carbocycles. The topological polar surface area (TPSA) is 76.7 Å². The quantitative estimate of drug-likeness (QED) is 0.513. The van der Waals surface area contributed by atoms with Gasteiger partial charge in [0, 0.05) is 12.2 Å². The van der Waals surface area contributed by atoms with Gasteiger partial charge in [-0.05, 0) is 55.7 Å². The minimum absolute atomic E-state index is 0.103. The van der Waals surface area contributed by atoms with Crippen LogP contribution in [0.25, 0.3) is 0 Å². The lowest BCUT2D eigenvalue weighted by Gasteiger charge is -2.16. The van der Waals surface area contributed by atoms with E-state index in [1.165, 1.54) is 0 Å². The molecular weight excluding hydrogens is 416 g/mol. The molecule has 170 valence electrons. The van der Waals surface area contributed by atoms with E-state index < -0.39 is 0 Å². The van der Waals surface area contributed by atoms with Gasteiger partial charge in [-0.1, -0.05) is 48.5 Å². The van der Waals surface area contributed by atoms with Crippen LogP contribution in [0.15, 0.2) is 78.9 Å². The van der Waals surface area contributed by atoms with Crippen LogP contribution in [0.5, 0.6) is 5.75 Å². The zero-order valence-corrected chi connectivity index (χ0v) is 18.6. The maximum Gasteiger partial charge on any atom is 0.255 e. The number of amides is 2. The van der Waals surface area contributed by atoms with Crippen LogP contribution in [0.4, 0.5) is 5.69 Å². The standard InChI is InChI=1S/C27H28N2O4/c1-19(20-9-3-2-4-10-20)28-27(31)24-14-5-6-15-25(24)29-26(30)21-11-7-12-22(17-21)33-18-23-13-8-16-32-23/h2-7,9-12,14-15,17,19,23H,8,13,16,18H2,1H3,(H,28,31)(H,29,30). The van der Waals surface area contributed by atoms with E-state index in [0.29, 0.717) is 29.2 Å². The van der Waals surface area contributed by atoms with Crippen LogP contribution >= 0.6 is 0 Å². The molecular formula is C27H28N2O4. The molecule has 3 aromatic rings. The third kappa shape index (κ3) is 5.99. The highest BCUT2D eigenvalue weighted by molar-refractivity contribution is 6.09. The van der Waals surface area contributed by atoms with Crippen LogP contribution in [-0.4, -0.2) is 31.1 Å². The molecule has 1 fully saturated rings. The smallest absolute Gasteiger partial charge is 0.255 e. The molecule has 0 saturated carbocycles. The number of carbonyl (C=O) groups excluding carboxylic acids is 2. The van der Waals surface area contributed by atoms with Crippen LogP contribution in [0.3, 0.4) is 0 Å². The number of ether oxygens (including phenoxy) is 2. The zero-order valence-electron chi connectivity index (χ0n) is 18.6. The van der Waals surface area contributed by atoms with Gasteiger partial charge in [-0.15, -0.1) is 0 Å². The van der Waals surface area contributed by atoms with Gasteiger partial charge in [0.15, 0.2) is 0 Å². The number of nitrogens with one attached hydrogen (secondary N) is 2. The molecule has 0 aromatic heterocycles. The minimum Gasteiger partial charge on any atom is -0.491 e. The SMILES string of the molecule is CC(NC(=O)c1ccccc1NC(=O)c1cccc(OCC2CCCO2)c1)c1ccccc1. The summed E-state index contributed by atoms with van der Waals surface area (Å²) in [7, 11) is 0. The van der Waals surface area contributed by atoms with Crippen LogP contribution < -0.4 is 15.4 Å². The fraction of sp³-hybridized carbons (Fsp3) is 0.259. The summed E-state index contributed by atoms with van der Waals surface area (Å²) in [5, 5.41) is 5.86. The molecule has 1 aliphatic heterocycles. The molecule has 0 spiro atoms. The van der Waals surface area contributed by atoms with E-state index in [0.717, 1.165) is 25.0 Å². The molecule has 2 atom stereocenters. The maximum absolute atomic E-state index is 12.9. The summed E-state index contributed by atoms with van der Waals surface area (Å²) in [5.41, 5.74) is 2.31. The summed E-state index contributed by atoms with van der Waals surface area (Å²) in [4.78, 5) is 25.9. The number of benzene rings is 3. The Bertz CT molecular complexity index is 1090. The summed E-state index contributed by atoms with van der Waals surface area (Å²) in [6.45, 7) is 3.16. The van der Waals surface area contributed by atoms with E-state index in [4.69, 9.17) is 9.47 Å². The molecule has 33 heavy (non-hydrogen) atoms. The Kier molecular flexibility index (Phi) is 7.37. The lowest BCUT2D eigenvalue weighted by atomic mass is 10.1. The highest BCUT2D eigenvalue weighted by Crippen LogP contribution is 2.21. The molecule has 1 heterocycles. The summed E-state index contributed by atoms with van der Waals surface area (Å²) in [5.74, 6) is 0.0469. The molecule has 0 aliphatic carbocycles. The van der Waals surface area contributed by atoms with E-state index >= 15 is 0 Å². The monoisotopic (exact) mass is 444 g/mol. The highest BCUT2D eigenvalue weighted by atomic mass is 16.5.